The van der Waals surface area contributed by atoms with Crippen molar-refractivity contribution in [2.24, 2.45) is 5.92 Å². The summed E-state index contributed by atoms with van der Waals surface area (Å²) in [6.45, 7) is 2.01. The zero-order valence-electron chi connectivity index (χ0n) is 18.2. The van der Waals surface area contributed by atoms with E-state index in [2.05, 4.69) is 0 Å². The molecule has 2 fully saturated rings. The van der Waals surface area contributed by atoms with Crippen LogP contribution in [0, 0.1) is 16.0 Å². The van der Waals surface area contributed by atoms with E-state index >= 15 is 0 Å². The Hall–Kier alpha value is -3.56. The van der Waals surface area contributed by atoms with Gasteiger partial charge in [0.1, 0.15) is 5.70 Å². The fourth-order valence-electron chi connectivity index (χ4n) is 5.41. The maximum atomic E-state index is 13.4. The fraction of sp³-hybridized carbons (Fsp3) is 0.478. The number of piperazine rings is 1. The minimum atomic E-state index is -0.534. The van der Waals surface area contributed by atoms with Crippen LogP contribution in [0.4, 0.5) is 0 Å². The first-order valence-electron chi connectivity index (χ1n) is 11.3. The Kier molecular flexibility index (Phi) is 5.65. The molecule has 1 saturated heterocycles. The second kappa shape index (κ2) is 8.76. The third-order valence-corrected chi connectivity index (χ3v) is 6.94. The van der Waals surface area contributed by atoms with Gasteiger partial charge in [-0.3, -0.25) is 19.7 Å². The molecule has 2 aliphatic heterocycles. The van der Waals surface area contributed by atoms with Crippen LogP contribution in [0.25, 0.3) is 0 Å². The first kappa shape index (κ1) is 21.3. The van der Waals surface area contributed by atoms with E-state index in [1.165, 1.54) is 6.26 Å². The maximum absolute atomic E-state index is 13.4. The highest BCUT2D eigenvalue weighted by Crippen LogP contribution is 2.42. The minimum Gasteiger partial charge on any atom is -0.472 e. The van der Waals surface area contributed by atoms with Crippen molar-refractivity contribution in [1.82, 2.24) is 14.7 Å². The van der Waals surface area contributed by atoms with Crippen molar-refractivity contribution in [3.63, 3.8) is 0 Å². The third kappa shape index (κ3) is 3.90. The SMILES string of the molecule is O=C(c1ccco1)N1CCN(C2=C([N+](=O)[O-])C(=O)N(Cc3ccoc3)C3CCCCC23)CC1. The van der Waals surface area contributed by atoms with Crippen LogP contribution >= 0.6 is 0 Å². The summed E-state index contributed by atoms with van der Waals surface area (Å²) in [6, 6.07) is 5.00. The van der Waals surface area contributed by atoms with Crippen LogP contribution in [0.3, 0.4) is 0 Å². The topological polar surface area (TPSA) is 113 Å². The second-order valence-corrected chi connectivity index (χ2v) is 8.77. The molecule has 2 atom stereocenters. The summed E-state index contributed by atoms with van der Waals surface area (Å²) in [5, 5.41) is 12.1. The molecule has 1 saturated carbocycles. The van der Waals surface area contributed by atoms with E-state index in [1.54, 1.807) is 40.5 Å². The highest BCUT2D eigenvalue weighted by atomic mass is 16.6. The molecule has 2 amide bonds. The average molecular weight is 454 g/mol. The van der Waals surface area contributed by atoms with Gasteiger partial charge >= 0.3 is 11.6 Å². The van der Waals surface area contributed by atoms with E-state index in [0.717, 1.165) is 31.2 Å². The molecule has 0 radical (unpaired) electrons. The van der Waals surface area contributed by atoms with Crippen molar-refractivity contribution in [2.45, 2.75) is 38.3 Å². The van der Waals surface area contributed by atoms with E-state index in [-0.39, 0.29) is 29.3 Å². The molecule has 0 spiro atoms. The lowest BCUT2D eigenvalue weighted by Gasteiger charge is -2.47. The predicted octanol–water partition coefficient (Wildman–Crippen LogP) is 2.72. The van der Waals surface area contributed by atoms with E-state index in [1.807, 2.05) is 4.90 Å². The minimum absolute atomic E-state index is 0.0809. The number of rotatable bonds is 5. The molecule has 10 nitrogen and oxygen atoms in total. The van der Waals surface area contributed by atoms with Gasteiger partial charge in [-0.25, -0.2) is 0 Å². The molecule has 2 aromatic rings. The van der Waals surface area contributed by atoms with Crippen LogP contribution in [-0.2, 0) is 11.3 Å². The lowest BCUT2D eigenvalue weighted by molar-refractivity contribution is -0.424. The molecular formula is C23H26N4O6. The molecule has 1 aliphatic carbocycles. The van der Waals surface area contributed by atoms with Gasteiger partial charge in [-0.15, -0.1) is 0 Å². The van der Waals surface area contributed by atoms with Gasteiger partial charge in [0.2, 0.25) is 0 Å². The molecule has 5 rings (SSSR count). The highest BCUT2D eigenvalue weighted by molar-refractivity contribution is 5.93. The quantitative estimate of drug-likeness (QED) is 0.504. The summed E-state index contributed by atoms with van der Waals surface area (Å²) in [6.07, 6.45) is 8.16. The predicted molar refractivity (Wildman–Crippen MR) is 115 cm³/mol. The lowest BCUT2D eigenvalue weighted by Crippen LogP contribution is -2.57. The molecule has 2 aromatic heterocycles. The molecule has 2 unspecified atom stereocenters. The largest absolute Gasteiger partial charge is 0.472 e. The number of fused-ring (bicyclic) bond motifs is 1. The van der Waals surface area contributed by atoms with Crippen molar-refractivity contribution >= 4 is 11.8 Å². The van der Waals surface area contributed by atoms with Gasteiger partial charge in [0.15, 0.2) is 5.76 Å². The van der Waals surface area contributed by atoms with Gasteiger partial charge < -0.3 is 23.5 Å². The van der Waals surface area contributed by atoms with Crippen molar-refractivity contribution < 1.29 is 23.3 Å². The summed E-state index contributed by atoms with van der Waals surface area (Å²) >= 11 is 0. The first-order valence-corrected chi connectivity index (χ1v) is 11.3. The number of amides is 2. The number of hydrogen-bond donors (Lipinski definition) is 0. The maximum Gasteiger partial charge on any atom is 0.352 e. The number of nitro groups is 1. The molecule has 3 aliphatic rings. The van der Waals surface area contributed by atoms with Crippen molar-refractivity contribution in [3.05, 3.63) is 69.8 Å². The summed E-state index contributed by atoms with van der Waals surface area (Å²) in [7, 11) is 0. The standard InChI is InChI=1S/C23H26N4O6/c28-22(19-6-3-12-33-19)25-10-8-24(9-11-25)20-17-4-1-2-5-18(17)26(14-16-7-13-32-15-16)23(29)21(20)27(30)31/h3,6-7,12-13,15,17-18H,1-2,4-5,8-11,14H2. The van der Waals surface area contributed by atoms with Gasteiger partial charge in [0, 0.05) is 50.2 Å². The molecule has 0 aromatic carbocycles. The van der Waals surface area contributed by atoms with Gasteiger partial charge in [0.25, 0.3) is 5.91 Å². The number of nitrogens with zero attached hydrogens (tertiary/aromatic N) is 4. The first-order chi connectivity index (χ1) is 16.0. The van der Waals surface area contributed by atoms with E-state index in [0.29, 0.717) is 38.4 Å². The van der Waals surface area contributed by atoms with Crippen molar-refractivity contribution in [2.75, 3.05) is 26.2 Å². The van der Waals surface area contributed by atoms with Gasteiger partial charge in [-0.2, -0.15) is 0 Å². The van der Waals surface area contributed by atoms with Crippen LogP contribution in [0.5, 0.6) is 0 Å². The van der Waals surface area contributed by atoms with E-state index in [9.17, 15) is 19.7 Å². The highest BCUT2D eigenvalue weighted by Gasteiger charge is 2.50. The van der Waals surface area contributed by atoms with E-state index in [4.69, 9.17) is 8.83 Å². The van der Waals surface area contributed by atoms with Crippen molar-refractivity contribution in [3.8, 4) is 0 Å². The third-order valence-electron chi connectivity index (χ3n) is 6.94. The van der Waals surface area contributed by atoms with Crippen LogP contribution in [-0.4, -0.2) is 63.7 Å². The number of carbonyl (C=O) groups is 2. The summed E-state index contributed by atoms with van der Waals surface area (Å²) in [5.74, 6) is -0.530. The van der Waals surface area contributed by atoms with Crippen LogP contribution in [0.15, 0.2) is 57.2 Å². The van der Waals surface area contributed by atoms with Gasteiger partial charge in [-0.05, 0) is 31.0 Å². The molecule has 33 heavy (non-hydrogen) atoms. The Morgan fingerprint density at radius 1 is 1.12 bits per heavy atom. The number of hydrogen-bond acceptors (Lipinski definition) is 7. The average Bonchev–Trinajstić information content (AvgIpc) is 3.54. The van der Waals surface area contributed by atoms with Crippen LogP contribution in [0.1, 0.15) is 41.8 Å². The van der Waals surface area contributed by atoms with E-state index < -0.39 is 10.8 Å². The van der Waals surface area contributed by atoms with Crippen molar-refractivity contribution in [1.29, 1.82) is 0 Å². The normalized spacial score (nSPS) is 23.6. The Bertz CT molecular complexity index is 1050. The monoisotopic (exact) mass is 454 g/mol. The zero-order chi connectivity index (χ0) is 22.9. The molecule has 174 valence electrons. The summed E-state index contributed by atoms with van der Waals surface area (Å²) in [4.78, 5) is 43.0. The van der Waals surface area contributed by atoms with Gasteiger partial charge in [-0.1, -0.05) is 12.8 Å². The number of carbonyl (C=O) groups excluding carboxylic acids is 2. The lowest BCUT2D eigenvalue weighted by atomic mass is 9.77. The Balaban J connectivity index is 1.42. The van der Waals surface area contributed by atoms with Gasteiger partial charge in [0.05, 0.1) is 23.7 Å². The molecule has 4 heterocycles. The smallest absolute Gasteiger partial charge is 0.352 e. The zero-order valence-corrected chi connectivity index (χ0v) is 18.2. The molecule has 0 N–H and O–H groups in total. The Morgan fingerprint density at radius 3 is 2.58 bits per heavy atom. The van der Waals surface area contributed by atoms with Crippen LogP contribution in [0.2, 0.25) is 0 Å². The molecular weight excluding hydrogens is 428 g/mol. The number of furan rings is 2. The molecule has 10 heteroatoms. The fourth-order valence-corrected chi connectivity index (χ4v) is 5.41. The Labute approximate surface area is 190 Å². The van der Waals surface area contributed by atoms with Crippen LogP contribution < -0.4 is 0 Å². The second-order valence-electron chi connectivity index (χ2n) is 8.77. The summed E-state index contributed by atoms with van der Waals surface area (Å²) in [5.41, 5.74) is 1.04. The molecule has 0 bridgehead atoms. The Morgan fingerprint density at radius 2 is 1.91 bits per heavy atom. The summed E-state index contributed by atoms with van der Waals surface area (Å²) < 4.78 is 10.4.